The van der Waals surface area contributed by atoms with Gasteiger partial charge in [-0.15, -0.1) is 10.2 Å². The number of benzene rings is 1. The van der Waals surface area contributed by atoms with E-state index in [2.05, 4.69) is 26.1 Å². The number of thioether (sulfide) groups is 1. The number of aromatic nitrogens is 2. The molecule has 0 radical (unpaired) electrons. The van der Waals surface area contributed by atoms with Gasteiger partial charge >= 0.3 is 0 Å². The zero-order valence-corrected chi connectivity index (χ0v) is 16.8. The van der Waals surface area contributed by atoms with Crippen LogP contribution in [0.3, 0.4) is 0 Å². The summed E-state index contributed by atoms with van der Waals surface area (Å²) in [4.78, 5) is 27.3. The third-order valence-corrected chi connectivity index (χ3v) is 5.63. The Balaban J connectivity index is 1.48. The van der Waals surface area contributed by atoms with E-state index in [0.717, 1.165) is 23.0 Å². The van der Waals surface area contributed by atoms with Crippen molar-refractivity contribution in [3.8, 4) is 0 Å². The molecule has 0 aliphatic carbocycles. The molecular formula is C17H19BrN4O3S. The predicted octanol–water partition coefficient (Wildman–Crippen LogP) is 2.71. The smallest absolute Gasteiger partial charge is 0.277 e. The van der Waals surface area contributed by atoms with E-state index in [4.69, 9.17) is 4.42 Å². The van der Waals surface area contributed by atoms with Crippen LogP contribution in [0.15, 0.2) is 38.4 Å². The molecule has 1 aliphatic heterocycles. The van der Waals surface area contributed by atoms with Gasteiger partial charge in [0, 0.05) is 31.0 Å². The van der Waals surface area contributed by atoms with Gasteiger partial charge in [0.2, 0.25) is 17.7 Å². The van der Waals surface area contributed by atoms with Crippen molar-refractivity contribution in [1.82, 2.24) is 20.0 Å². The Labute approximate surface area is 164 Å². The highest BCUT2D eigenvalue weighted by molar-refractivity contribution is 9.10. The van der Waals surface area contributed by atoms with Gasteiger partial charge in [0.25, 0.3) is 5.22 Å². The second-order valence-corrected chi connectivity index (χ2v) is 7.79. The maximum atomic E-state index is 12.3. The highest BCUT2D eigenvalue weighted by atomic mass is 79.9. The highest BCUT2D eigenvalue weighted by Gasteiger charge is 2.22. The quantitative estimate of drug-likeness (QED) is 0.618. The first-order chi connectivity index (χ1) is 12.5. The molecule has 1 aromatic heterocycles. The van der Waals surface area contributed by atoms with Crippen LogP contribution in [0.25, 0.3) is 0 Å². The van der Waals surface area contributed by atoms with E-state index in [-0.39, 0.29) is 17.6 Å². The molecule has 3 rings (SSSR count). The number of hydrogen-bond donors (Lipinski definition) is 0. The molecule has 0 saturated carbocycles. The van der Waals surface area contributed by atoms with Gasteiger partial charge in [-0.3, -0.25) is 9.59 Å². The molecule has 26 heavy (non-hydrogen) atoms. The number of carbonyl (C=O) groups is 2. The van der Waals surface area contributed by atoms with Gasteiger partial charge in [-0.1, -0.05) is 45.9 Å². The standard InChI is InChI=1S/C17H19BrN4O3S/c1-21(9-12-5-2-3-6-13(12)18)16(24)11-26-17-20-19-14(25-17)10-22-8-4-7-15(22)23/h2-3,5-6H,4,7-11H2,1H3. The lowest BCUT2D eigenvalue weighted by Gasteiger charge is -2.17. The maximum absolute atomic E-state index is 12.3. The summed E-state index contributed by atoms with van der Waals surface area (Å²) in [6.45, 7) is 1.58. The average molecular weight is 439 g/mol. The number of likely N-dealkylation sites (tertiary alicyclic amines) is 1. The van der Waals surface area contributed by atoms with E-state index in [9.17, 15) is 9.59 Å². The van der Waals surface area contributed by atoms with Crippen molar-refractivity contribution in [1.29, 1.82) is 0 Å². The van der Waals surface area contributed by atoms with Crippen molar-refractivity contribution in [2.24, 2.45) is 0 Å². The van der Waals surface area contributed by atoms with Crippen LogP contribution in [-0.4, -0.2) is 51.2 Å². The summed E-state index contributed by atoms with van der Waals surface area (Å²) in [5, 5.41) is 8.24. The molecule has 1 saturated heterocycles. The van der Waals surface area contributed by atoms with Crippen LogP contribution < -0.4 is 0 Å². The molecule has 1 fully saturated rings. The molecule has 0 spiro atoms. The van der Waals surface area contributed by atoms with Crippen molar-refractivity contribution < 1.29 is 14.0 Å². The molecule has 1 aromatic carbocycles. The van der Waals surface area contributed by atoms with Gasteiger partial charge in [0.05, 0.1) is 12.3 Å². The zero-order valence-electron chi connectivity index (χ0n) is 14.4. The van der Waals surface area contributed by atoms with E-state index >= 15 is 0 Å². The van der Waals surface area contributed by atoms with E-state index in [1.807, 2.05) is 24.3 Å². The lowest BCUT2D eigenvalue weighted by Crippen LogP contribution is -2.27. The number of halogens is 1. The van der Waals surface area contributed by atoms with Gasteiger partial charge in [0.15, 0.2) is 0 Å². The highest BCUT2D eigenvalue weighted by Crippen LogP contribution is 2.21. The molecule has 2 amide bonds. The topological polar surface area (TPSA) is 79.5 Å². The van der Waals surface area contributed by atoms with Crippen LogP contribution in [0.2, 0.25) is 0 Å². The summed E-state index contributed by atoms with van der Waals surface area (Å²) in [6, 6.07) is 7.81. The van der Waals surface area contributed by atoms with E-state index in [1.54, 1.807) is 16.8 Å². The molecule has 0 atom stereocenters. The number of carbonyl (C=O) groups excluding carboxylic acids is 2. The van der Waals surface area contributed by atoms with Crippen molar-refractivity contribution in [3.63, 3.8) is 0 Å². The monoisotopic (exact) mass is 438 g/mol. The molecule has 0 bridgehead atoms. The van der Waals surface area contributed by atoms with Gasteiger partial charge in [0.1, 0.15) is 0 Å². The molecule has 9 heteroatoms. The molecule has 1 aliphatic rings. The fourth-order valence-electron chi connectivity index (χ4n) is 2.60. The molecule has 0 unspecified atom stereocenters. The minimum absolute atomic E-state index is 0.0276. The minimum Gasteiger partial charge on any atom is -0.414 e. The molecule has 2 heterocycles. The van der Waals surface area contributed by atoms with Crippen molar-refractivity contribution in [3.05, 3.63) is 40.2 Å². The molecule has 0 N–H and O–H groups in total. The summed E-state index contributed by atoms with van der Waals surface area (Å²) in [5.74, 6) is 0.698. The number of nitrogens with zero attached hydrogens (tertiary/aromatic N) is 4. The largest absolute Gasteiger partial charge is 0.414 e. The molecular weight excluding hydrogens is 420 g/mol. The first-order valence-electron chi connectivity index (χ1n) is 8.23. The number of rotatable bonds is 7. The van der Waals surface area contributed by atoms with Gasteiger partial charge in [-0.2, -0.15) is 0 Å². The summed E-state index contributed by atoms with van der Waals surface area (Å²) >= 11 is 4.69. The lowest BCUT2D eigenvalue weighted by atomic mass is 10.2. The Bertz CT molecular complexity index is 798. The first kappa shape index (κ1) is 18.9. The lowest BCUT2D eigenvalue weighted by molar-refractivity contribution is -0.128. The summed E-state index contributed by atoms with van der Waals surface area (Å²) < 4.78 is 6.51. The Morgan fingerprint density at radius 2 is 2.19 bits per heavy atom. The van der Waals surface area contributed by atoms with Crippen LogP contribution in [0, 0.1) is 0 Å². The van der Waals surface area contributed by atoms with E-state index in [0.29, 0.717) is 30.6 Å². The summed E-state index contributed by atoms with van der Waals surface area (Å²) in [7, 11) is 1.76. The summed E-state index contributed by atoms with van der Waals surface area (Å²) in [6.07, 6.45) is 1.45. The van der Waals surface area contributed by atoms with Crippen molar-refractivity contribution in [2.75, 3.05) is 19.3 Å². The van der Waals surface area contributed by atoms with Crippen LogP contribution in [0.1, 0.15) is 24.3 Å². The van der Waals surface area contributed by atoms with Gasteiger partial charge < -0.3 is 14.2 Å². The Morgan fingerprint density at radius 3 is 2.92 bits per heavy atom. The second kappa shape index (κ2) is 8.68. The number of hydrogen-bond acceptors (Lipinski definition) is 6. The third-order valence-electron chi connectivity index (χ3n) is 4.06. The zero-order chi connectivity index (χ0) is 18.5. The second-order valence-electron chi connectivity index (χ2n) is 6.01. The summed E-state index contributed by atoms with van der Waals surface area (Å²) in [5.41, 5.74) is 1.05. The van der Waals surface area contributed by atoms with E-state index in [1.165, 1.54) is 11.8 Å². The molecule has 138 valence electrons. The van der Waals surface area contributed by atoms with Crippen LogP contribution in [-0.2, 0) is 22.7 Å². The fourth-order valence-corrected chi connectivity index (χ4v) is 3.73. The predicted molar refractivity (Wildman–Crippen MR) is 100 cm³/mol. The average Bonchev–Trinajstić information content (AvgIpc) is 3.24. The maximum Gasteiger partial charge on any atom is 0.277 e. The van der Waals surface area contributed by atoms with Crippen molar-refractivity contribution in [2.45, 2.75) is 31.2 Å². The van der Waals surface area contributed by atoms with Crippen molar-refractivity contribution >= 4 is 39.5 Å². The molecule has 2 aromatic rings. The Morgan fingerprint density at radius 1 is 1.38 bits per heavy atom. The normalized spacial score (nSPS) is 14.1. The van der Waals surface area contributed by atoms with Crippen LogP contribution in [0.5, 0.6) is 0 Å². The SMILES string of the molecule is CN(Cc1ccccc1Br)C(=O)CSc1nnc(CN2CCCC2=O)o1. The van der Waals surface area contributed by atoms with Gasteiger partial charge in [-0.05, 0) is 18.1 Å². The molecule has 7 nitrogen and oxygen atoms in total. The fraction of sp³-hybridized carbons (Fsp3) is 0.412. The first-order valence-corrected chi connectivity index (χ1v) is 10.0. The minimum atomic E-state index is -0.0276. The number of amides is 2. The third kappa shape index (κ3) is 4.85. The Kier molecular flexibility index (Phi) is 6.31. The van der Waals surface area contributed by atoms with Crippen LogP contribution >= 0.6 is 27.7 Å². The van der Waals surface area contributed by atoms with E-state index < -0.39 is 0 Å². The van der Waals surface area contributed by atoms with Crippen LogP contribution in [0.4, 0.5) is 0 Å². The Hall–Kier alpha value is -1.87. The van der Waals surface area contributed by atoms with Gasteiger partial charge in [-0.25, -0.2) is 0 Å².